The highest BCUT2D eigenvalue weighted by atomic mass is 16.2. The molecule has 0 aromatic carbocycles. The van der Waals surface area contributed by atoms with Gasteiger partial charge in [-0.3, -0.25) is 18.9 Å². The zero-order valence-electron chi connectivity index (χ0n) is 13.9. The van der Waals surface area contributed by atoms with Gasteiger partial charge in [-0.1, -0.05) is 6.07 Å². The molecule has 0 spiro atoms. The highest BCUT2D eigenvalue weighted by molar-refractivity contribution is 5.92. The number of carbonyl (C=O) groups is 1. The van der Waals surface area contributed by atoms with Gasteiger partial charge in [-0.25, -0.2) is 14.8 Å². The van der Waals surface area contributed by atoms with Crippen LogP contribution in [-0.4, -0.2) is 48.0 Å². The molecular formula is C17H18N6O2. The second kappa shape index (κ2) is 6.12. The Balaban J connectivity index is 1.56. The van der Waals surface area contributed by atoms with E-state index in [0.29, 0.717) is 37.3 Å². The maximum absolute atomic E-state index is 12.6. The summed E-state index contributed by atoms with van der Waals surface area (Å²) in [5, 5.41) is 0. The molecule has 0 radical (unpaired) electrons. The number of hydrogen-bond donors (Lipinski definition) is 0. The summed E-state index contributed by atoms with van der Waals surface area (Å²) in [6.45, 7) is 1.18. The highest BCUT2D eigenvalue weighted by Crippen LogP contribution is 2.25. The molecule has 0 aliphatic carbocycles. The second-order valence-electron chi connectivity index (χ2n) is 6.18. The maximum Gasteiger partial charge on any atom is 0.330 e. The van der Waals surface area contributed by atoms with Gasteiger partial charge in [0.1, 0.15) is 17.5 Å². The van der Waals surface area contributed by atoms with Gasteiger partial charge in [0.15, 0.2) is 5.65 Å². The highest BCUT2D eigenvalue weighted by Gasteiger charge is 2.28. The number of nitrogens with zero attached hydrogens (tertiary/aromatic N) is 6. The molecule has 4 rings (SSSR count). The summed E-state index contributed by atoms with van der Waals surface area (Å²) in [6, 6.07) is 5.35. The molecule has 0 atom stereocenters. The Morgan fingerprint density at radius 2 is 2.00 bits per heavy atom. The lowest BCUT2D eigenvalue weighted by Crippen LogP contribution is -2.41. The van der Waals surface area contributed by atoms with Gasteiger partial charge in [0, 0.05) is 32.4 Å². The number of rotatable bonds is 2. The molecule has 0 bridgehead atoms. The summed E-state index contributed by atoms with van der Waals surface area (Å²) in [6.07, 6.45) is 6.15. The number of carbonyl (C=O) groups excluding carboxylic acids is 1. The van der Waals surface area contributed by atoms with Crippen LogP contribution < -0.4 is 5.69 Å². The SMILES string of the molecule is Cn1c(=O)n(C2CCN(C(=O)c3ccccn3)CC2)c2ncncc21. The quantitative estimate of drug-likeness (QED) is 0.696. The van der Waals surface area contributed by atoms with E-state index in [0.717, 1.165) is 5.52 Å². The molecule has 3 aromatic rings. The topological polar surface area (TPSA) is 85.9 Å². The Labute approximate surface area is 143 Å². The molecule has 25 heavy (non-hydrogen) atoms. The first kappa shape index (κ1) is 15.5. The van der Waals surface area contributed by atoms with Crippen molar-refractivity contribution in [2.45, 2.75) is 18.9 Å². The summed E-state index contributed by atoms with van der Waals surface area (Å²) in [5.41, 5.74) is 1.73. The van der Waals surface area contributed by atoms with Crippen molar-refractivity contribution in [3.63, 3.8) is 0 Å². The molecule has 0 unspecified atom stereocenters. The molecular weight excluding hydrogens is 320 g/mol. The van der Waals surface area contributed by atoms with Crippen molar-refractivity contribution in [3.8, 4) is 0 Å². The standard InChI is InChI=1S/C17H18N6O2/c1-21-14-10-18-11-20-15(14)23(17(21)25)12-5-8-22(9-6-12)16(24)13-4-2-3-7-19-13/h2-4,7,10-12H,5-6,8-9H2,1H3. The van der Waals surface area contributed by atoms with E-state index in [1.165, 1.54) is 6.33 Å². The molecule has 3 aromatic heterocycles. The predicted octanol–water partition coefficient (Wildman–Crippen LogP) is 1.00. The molecule has 8 heteroatoms. The van der Waals surface area contributed by atoms with Crippen molar-refractivity contribution in [1.29, 1.82) is 0 Å². The van der Waals surface area contributed by atoms with Crippen LogP contribution in [0.5, 0.6) is 0 Å². The molecule has 1 fully saturated rings. The summed E-state index contributed by atoms with van der Waals surface area (Å²) < 4.78 is 3.31. The van der Waals surface area contributed by atoms with Gasteiger partial charge in [0.05, 0.1) is 6.20 Å². The predicted molar refractivity (Wildman–Crippen MR) is 91.2 cm³/mol. The molecule has 8 nitrogen and oxygen atoms in total. The van der Waals surface area contributed by atoms with Crippen LogP contribution in [0.15, 0.2) is 41.7 Å². The number of imidazole rings is 1. The number of piperidine rings is 1. The largest absolute Gasteiger partial charge is 0.337 e. The van der Waals surface area contributed by atoms with Crippen molar-refractivity contribution < 1.29 is 4.79 Å². The molecule has 1 aliphatic rings. The van der Waals surface area contributed by atoms with Crippen LogP contribution in [0.2, 0.25) is 0 Å². The van der Waals surface area contributed by atoms with E-state index in [1.54, 1.807) is 45.6 Å². The third kappa shape index (κ3) is 2.59. The first-order chi connectivity index (χ1) is 12.2. The van der Waals surface area contributed by atoms with Crippen LogP contribution >= 0.6 is 0 Å². The fraction of sp³-hybridized carbons (Fsp3) is 0.353. The Morgan fingerprint density at radius 3 is 2.72 bits per heavy atom. The molecule has 128 valence electrons. The second-order valence-corrected chi connectivity index (χ2v) is 6.18. The van der Waals surface area contributed by atoms with Gasteiger partial charge < -0.3 is 4.90 Å². The number of fused-ring (bicyclic) bond motifs is 1. The van der Waals surface area contributed by atoms with E-state index < -0.39 is 0 Å². The Bertz CT molecular complexity index is 970. The monoisotopic (exact) mass is 338 g/mol. The number of aromatic nitrogens is 5. The summed E-state index contributed by atoms with van der Waals surface area (Å²) >= 11 is 0. The van der Waals surface area contributed by atoms with Crippen LogP contribution in [0.1, 0.15) is 29.4 Å². The number of pyridine rings is 1. The molecule has 0 N–H and O–H groups in total. The molecule has 1 saturated heterocycles. The Hall–Kier alpha value is -3.03. The smallest absolute Gasteiger partial charge is 0.330 e. The van der Waals surface area contributed by atoms with Crippen LogP contribution in [0.25, 0.3) is 11.2 Å². The minimum atomic E-state index is -0.0926. The summed E-state index contributed by atoms with van der Waals surface area (Å²) in [4.78, 5) is 39.3. The first-order valence-electron chi connectivity index (χ1n) is 8.24. The Morgan fingerprint density at radius 1 is 1.20 bits per heavy atom. The first-order valence-corrected chi connectivity index (χ1v) is 8.24. The Kier molecular flexibility index (Phi) is 3.79. The lowest BCUT2D eigenvalue weighted by Gasteiger charge is -2.32. The van der Waals surface area contributed by atoms with E-state index >= 15 is 0 Å². The maximum atomic E-state index is 12.6. The molecule has 1 amide bonds. The molecule has 1 aliphatic heterocycles. The van der Waals surface area contributed by atoms with E-state index in [-0.39, 0.29) is 17.6 Å². The zero-order valence-corrected chi connectivity index (χ0v) is 13.9. The van der Waals surface area contributed by atoms with Crippen LogP contribution in [-0.2, 0) is 7.05 Å². The lowest BCUT2D eigenvalue weighted by molar-refractivity contribution is 0.0688. The third-order valence-electron chi connectivity index (χ3n) is 4.76. The number of likely N-dealkylation sites (tertiary alicyclic amines) is 1. The van der Waals surface area contributed by atoms with Gasteiger partial charge in [-0.05, 0) is 25.0 Å². The van der Waals surface area contributed by atoms with Gasteiger partial charge in [0.2, 0.25) is 0 Å². The van der Waals surface area contributed by atoms with Crippen LogP contribution in [0.4, 0.5) is 0 Å². The number of hydrogen-bond acceptors (Lipinski definition) is 5. The van der Waals surface area contributed by atoms with Crippen LogP contribution in [0, 0.1) is 0 Å². The average Bonchev–Trinajstić information content (AvgIpc) is 2.93. The lowest BCUT2D eigenvalue weighted by atomic mass is 10.0. The van der Waals surface area contributed by atoms with Gasteiger partial charge in [-0.2, -0.15) is 0 Å². The zero-order chi connectivity index (χ0) is 17.4. The summed E-state index contributed by atoms with van der Waals surface area (Å²) in [7, 11) is 1.73. The van der Waals surface area contributed by atoms with E-state index in [4.69, 9.17) is 0 Å². The van der Waals surface area contributed by atoms with Crippen molar-refractivity contribution in [1.82, 2.24) is 29.0 Å². The fourth-order valence-corrected chi connectivity index (χ4v) is 3.40. The van der Waals surface area contributed by atoms with Crippen molar-refractivity contribution >= 4 is 17.1 Å². The van der Waals surface area contributed by atoms with E-state index in [1.807, 2.05) is 6.07 Å². The van der Waals surface area contributed by atoms with Gasteiger partial charge >= 0.3 is 5.69 Å². The normalized spacial score (nSPS) is 15.6. The van der Waals surface area contributed by atoms with Crippen molar-refractivity contribution in [3.05, 3.63) is 53.1 Å². The molecule has 4 heterocycles. The van der Waals surface area contributed by atoms with Crippen molar-refractivity contribution in [2.24, 2.45) is 7.05 Å². The third-order valence-corrected chi connectivity index (χ3v) is 4.76. The fourth-order valence-electron chi connectivity index (χ4n) is 3.40. The number of aryl methyl sites for hydroxylation is 1. The summed E-state index contributed by atoms with van der Waals surface area (Å²) in [5.74, 6) is -0.0633. The number of amides is 1. The average molecular weight is 338 g/mol. The minimum absolute atomic E-state index is 0.0267. The molecule has 0 saturated carbocycles. The van der Waals surface area contributed by atoms with Gasteiger partial charge in [0.25, 0.3) is 5.91 Å². The van der Waals surface area contributed by atoms with Gasteiger partial charge in [-0.15, -0.1) is 0 Å². The minimum Gasteiger partial charge on any atom is -0.337 e. The van der Waals surface area contributed by atoms with E-state index in [2.05, 4.69) is 15.0 Å². The van der Waals surface area contributed by atoms with E-state index in [9.17, 15) is 9.59 Å². The van der Waals surface area contributed by atoms with Crippen molar-refractivity contribution in [2.75, 3.05) is 13.1 Å². The van der Waals surface area contributed by atoms with Crippen LogP contribution in [0.3, 0.4) is 0 Å².